The lowest BCUT2D eigenvalue weighted by Gasteiger charge is -2.09. The van der Waals surface area contributed by atoms with Crippen molar-refractivity contribution >= 4 is 40.8 Å². The molecular weight excluding hydrogens is 373 g/mol. The van der Waals surface area contributed by atoms with Crippen LogP contribution in [-0.2, 0) is 0 Å². The summed E-state index contributed by atoms with van der Waals surface area (Å²) in [6.45, 7) is 3.89. The minimum Gasteiger partial charge on any atom is -0.318 e. The molecule has 0 bridgehead atoms. The van der Waals surface area contributed by atoms with E-state index in [1.165, 1.54) is 6.07 Å². The van der Waals surface area contributed by atoms with Crippen LogP contribution >= 0.6 is 23.2 Å². The molecule has 0 aliphatic heterocycles. The predicted octanol–water partition coefficient (Wildman–Crippen LogP) is 6.06. The number of aryl methyl sites for hydroxylation is 1. The standard InChI is InChI=1S/C19H15Cl2N3O2/c1-12-6-14(11-22-17-8-15(20)7-16(21)9-17)13(2)23(12)18-4-3-5-19(10-18)24(25)26/h3-11H,1-2H3. The second kappa shape index (κ2) is 7.32. The molecule has 1 aromatic heterocycles. The molecule has 0 N–H and O–H groups in total. The average molecular weight is 388 g/mol. The number of hydrogen-bond acceptors (Lipinski definition) is 3. The van der Waals surface area contributed by atoms with Gasteiger partial charge in [-0.15, -0.1) is 0 Å². The zero-order valence-electron chi connectivity index (χ0n) is 14.1. The summed E-state index contributed by atoms with van der Waals surface area (Å²) in [5.41, 5.74) is 4.24. The lowest BCUT2D eigenvalue weighted by molar-refractivity contribution is -0.384. The first-order valence-corrected chi connectivity index (χ1v) is 8.54. The zero-order chi connectivity index (χ0) is 18.8. The van der Waals surface area contributed by atoms with Crippen LogP contribution in [0, 0.1) is 24.0 Å². The maximum atomic E-state index is 11.0. The molecule has 0 saturated carbocycles. The van der Waals surface area contributed by atoms with Crippen LogP contribution in [-0.4, -0.2) is 15.7 Å². The van der Waals surface area contributed by atoms with E-state index >= 15 is 0 Å². The van der Waals surface area contributed by atoms with Gasteiger partial charge in [0.1, 0.15) is 0 Å². The van der Waals surface area contributed by atoms with Crippen LogP contribution in [0.4, 0.5) is 11.4 Å². The van der Waals surface area contributed by atoms with Crippen molar-refractivity contribution < 1.29 is 4.92 Å². The van der Waals surface area contributed by atoms with Crippen LogP contribution in [0.3, 0.4) is 0 Å². The maximum Gasteiger partial charge on any atom is 0.271 e. The Morgan fingerprint density at radius 1 is 1.08 bits per heavy atom. The number of nitro groups is 1. The Kier molecular flexibility index (Phi) is 5.11. The van der Waals surface area contributed by atoms with Crippen LogP contribution in [0.15, 0.2) is 53.5 Å². The summed E-state index contributed by atoms with van der Waals surface area (Å²) < 4.78 is 1.96. The van der Waals surface area contributed by atoms with Crippen molar-refractivity contribution in [2.75, 3.05) is 0 Å². The average Bonchev–Trinajstić information content (AvgIpc) is 2.86. The van der Waals surface area contributed by atoms with Gasteiger partial charge < -0.3 is 4.57 Å². The van der Waals surface area contributed by atoms with Crippen LogP contribution in [0.2, 0.25) is 10.0 Å². The van der Waals surface area contributed by atoms with Crippen molar-refractivity contribution in [3.63, 3.8) is 0 Å². The number of nitro benzene ring substituents is 1. The molecular formula is C19H15Cl2N3O2. The van der Waals surface area contributed by atoms with Gasteiger partial charge in [0.25, 0.3) is 5.69 Å². The Balaban J connectivity index is 1.99. The molecule has 0 radical (unpaired) electrons. The molecule has 132 valence electrons. The van der Waals surface area contributed by atoms with E-state index < -0.39 is 4.92 Å². The quantitative estimate of drug-likeness (QED) is 0.310. The minimum atomic E-state index is -0.400. The van der Waals surface area contributed by atoms with E-state index in [0.29, 0.717) is 15.7 Å². The summed E-state index contributed by atoms with van der Waals surface area (Å²) in [6, 6.07) is 13.6. The number of halogens is 2. The molecule has 7 heteroatoms. The van der Waals surface area contributed by atoms with Crippen molar-refractivity contribution in [1.29, 1.82) is 0 Å². The lowest BCUT2D eigenvalue weighted by atomic mass is 10.2. The molecule has 0 amide bonds. The van der Waals surface area contributed by atoms with Gasteiger partial charge in [0.2, 0.25) is 0 Å². The first kappa shape index (κ1) is 18.2. The molecule has 3 aromatic rings. The molecule has 0 fully saturated rings. The monoisotopic (exact) mass is 387 g/mol. The lowest BCUT2D eigenvalue weighted by Crippen LogP contribution is -2.00. The fourth-order valence-corrected chi connectivity index (χ4v) is 3.33. The highest BCUT2D eigenvalue weighted by molar-refractivity contribution is 6.35. The van der Waals surface area contributed by atoms with Gasteiger partial charge in [-0.25, -0.2) is 0 Å². The topological polar surface area (TPSA) is 60.4 Å². The van der Waals surface area contributed by atoms with Gasteiger partial charge in [-0.3, -0.25) is 15.1 Å². The summed E-state index contributed by atoms with van der Waals surface area (Å²) >= 11 is 12.0. The maximum absolute atomic E-state index is 11.0. The Hall–Kier alpha value is -2.63. The Labute approximate surface area is 160 Å². The van der Waals surface area contributed by atoms with Crippen molar-refractivity contribution in [3.8, 4) is 5.69 Å². The molecule has 2 aromatic carbocycles. The highest BCUT2D eigenvalue weighted by Crippen LogP contribution is 2.26. The van der Waals surface area contributed by atoms with E-state index in [1.54, 1.807) is 36.5 Å². The number of aromatic nitrogens is 1. The van der Waals surface area contributed by atoms with Crippen LogP contribution < -0.4 is 0 Å². The van der Waals surface area contributed by atoms with E-state index in [-0.39, 0.29) is 5.69 Å². The molecule has 0 atom stereocenters. The van der Waals surface area contributed by atoms with Crippen molar-refractivity contribution in [2.45, 2.75) is 13.8 Å². The first-order chi connectivity index (χ1) is 12.3. The molecule has 0 saturated heterocycles. The molecule has 0 aliphatic rings. The molecule has 0 spiro atoms. The summed E-state index contributed by atoms with van der Waals surface area (Å²) in [5, 5.41) is 12.1. The molecule has 0 unspecified atom stereocenters. The summed E-state index contributed by atoms with van der Waals surface area (Å²) in [7, 11) is 0. The first-order valence-electron chi connectivity index (χ1n) is 7.79. The molecule has 3 rings (SSSR count). The van der Waals surface area contributed by atoms with Gasteiger partial charge in [0, 0.05) is 45.3 Å². The third-order valence-corrected chi connectivity index (χ3v) is 4.41. The van der Waals surface area contributed by atoms with E-state index in [4.69, 9.17) is 23.2 Å². The van der Waals surface area contributed by atoms with E-state index in [0.717, 1.165) is 22.6 Å². The fourth-order valence-electron chi connectivity index (χ4n) is 2.82. The molecule has 26 heavy (non-hydrogen) atoms. The number of benzene rings is 2. The van der Waals surface area contributed by atoms with Gasteiger partial charge >= 0.3 is 0 Å². The third kappa shape index (κ3) is 3.79. The SMILES string of the molecule is Cc1cc(C=Nc2cc(Cl)cc(Cl)c2)c(C)n1-c1cccc([N+](=O)[O-])c1. The van der Waals surface area contributed by atoms with Crippen LogP contribution in [0.25, 0.3) is 5.69 Å². The highest BCUT2D eigenvalue weighted by Gasteiger charge is 2.12. The normalized spacial score (nSPS) is 11.2. The van der Waals surface area contributed by atoms with Gasteiger partial charge in [0.15, 0.2) is 0 Å². The highest BCUT2D eigenvalue weighted by atomic mass is 35.5. The number of hydrogen-bond donors (Lipinski definition) is 0. The van der Waals surface area contributed by atoms with E-state index in [1.807, 2.05) is 30.5 Å². The van der Waals surface area contributed by atoms with Gasteiger partial charge in [-0.1, -0.05) is 29.3 Å². The molecule has 1 heterocycles. The van der Waals surface area contributed by atoms with Gasteiger partial charge in [0.05, 0.1) is 16.3 Å². The van der Waals surface area contributed by atoms with E-state index in [9.17, 15) is 10.1 Å². The zero-order valence-corrected chi connectivity index (χ0v) is 15.6. The van der Waals surface area contributed by atoms with E-state index in [2.05, 4.69) is 4.99 Å². The number of aliphatic imine (C=N–C) groups is 1. The molecule has 5 nitrogen and oxygen atoms in total. The van der Waals surface area contributed by atoms with Crippen molar-refractivity contribution in [3.05, 3.63) is 85.6 Å². The van der Waals surface area contributed by atoms with Crippen LogP contribution in [0.1, 0.15) is 17.0 Å². The summed E-state index contributed by atoms with van der Waals surface area (Å²) in [4.78, 5) is 15.1. The number of rotatable bonds is 4. The Bertz CT molecular complexity index is 1010. The summed E-state index contributed by atoms with van der Waals surface area (Å²) in [5.74, 6) is 0. The number of non-ortho nitro benzene ring substituents is 1. The van der Waals surface area contributed by atoms with Crippen molar-refractivity contribution in [1.82, 2.24) is 4.57 Å². The van der Waals surface area contributed by atoms with Gasteiger partial charge in [-0.2, -0.15) is 0 Å². The Morgan fingerprint density at radius 3 is 2.42 bits per heavy atom. The number of nitrogens with zero attached hydrogens (tertiary/aromatic N) is 3. The molecule has 0 aliphatic carbocycles. The Morgan fingerprint density at radius 2 is 1.77 bits per heavy atom. The van der Waals surface area contributed by atoms with Gasteiger partial charge in [-0.05, 0) is 44.2 Å². The smallest absolute Gasteiger partial charge is 0.271 e. The van der Waals surface area contributed by atoms with Crippen molar-refractivity contribution in [2.24, 2.45) is 4.99 Å². The predicted molar refractivity (Wildman–Crippen MR) is 106 cm³/mol. The second-order valence-corrected chi connectivity index (χ2v) is 6.70. The fraction of sp³-hybridized carbons (Fsp3) is 0.105. The van der Waals surface area contributed by atoms with Crippen LogP contribution in [0.5, 0.6) is 0 Å². The second-order valence-electron chi connectivity index (χ2n) is 5.82. The minimum absolute atomic E-state index is 0.0544. The third-order valence-electron chi connectivity index (χ3n) is 3.97. The largest absolute Gasteiger partial charge is 0.318 e. The summed E-state index contributed by atoms with van der Waals surface area (Å²) in [6.07, 6.45) is 1.73.